The molecule has 2 heterocycles. The summed E-state index contributed by atoms with van der Waals surface area (Å²) >= 11 is 1.55. The van der Waals surface area contributed by atoms with Crippen molar-refractivity contribution < 1.29 is 9.90 Å². The molecule has 0 aliphatic carbocycles. The zero-order valence-corrected chi connectivity index (χ0v) is 13.2. The van der Waals surface area contributed by atoms with Gasteiger partial charge < -0.3 is 10.0 Å². The molecule has 5 heteroatoms. The Hall–Kier alpha value is -1.69. The van der Waals surface area contributed by atoms with Gasteiger partial charge >= 0.3 is 0 Å². The van der Waals surface area contributed by atoms with Gasteiger partial charge in [-0.25, -0.2) is 0 Å². The smallest absolute Gasteiger partial charge is 0.254 e. The molecule has 116 valence electrons. The number of nitrogens with zero attached hydrogens (tertiary/aromatic N) is 2. The number of aliphatic hydroxyl groups is 1. The number of amides is 1. The van der Waals surface area contributed by atoms with Gasteiger partial charge in [0.15, 0.2) is 0 Å². The number of carbonyl (C=O) groups is 1. The average molecular weight is 316 g/mol. The third-order valence-electron chi connectivity index (χ3n) is 4.04. The topological polar surface area (TPSA) is 43.8 Å². The molecule has 1 aliphatic heterocycles. The molecule has 1 N–H and O–H groups in total. The number of thiophene rings is 1. The zero-order valence-electron chi connectivity index (χ0n) is 12.4. The largest absolute Gasteiger partial charge is 0.387 e. The third kappa shape index (κ3) is 3.55. The highest BCUT2D eigenvalue weighted by atomic mass is 32.1. The Kier molecular flexibility index (Phi) is 4.87. The van der Waals surface area contributed by atoms with E-state index < -0.39 is 6.10 Å². The average Bonchev–Trinajstić information content (AvgIpc) is 3.10. The number of aliphatic hydroxyl groups excluding tert-OH is 1. The van der Waals surface area contributed by atoms with E-state index >= 15 is 0 Å². The van der Waals surface area contributed by atoms with E-state index in [0.717, 1.165) is 37.3 Å². The zero-order chi connectivity index (χ0) is 15.4. The summed E-state index contributed by atoms with van der Waals surface area (Å²) in [6.45, 7) is 3.66. The fraction of sp³-hybridized carbons (Fsp3) is 0.353. The number of benzene rings is 1. The maximum Gasteiger partial charge on any atom is 0.254 e. The van der Waals surface area contributed by atoms with Crippen molar-refractivity contribution in [3.05, 3.63) is 58.3 Å². The Labute approximate surface area is 134 Å². The van der Waals surface area contributed by atoms with E-state index in [-0.39, 0.29) is 5.91 Å². The van der Waals surface area contributed by atoms with Crippen molar-refractivity contribution in [3.63, 3.8) is 0 Å². The van der Waals surface area contributed by atoms with E-state index in [4.69, 9.17) is 0 Å². The molecule has 0 saturated carbocycles. The van der Waals surface area contributed by atoms with Crippen LogP contribution in [0.5, 0.6) is 0 Å². The van der Waals surface area contributed by atoms with Crippen LogP contribution in [0.1, 0.15) is 22.0 Å². The minimum absolute atomic E-state index is 0.115. The van der Waals surface area contributed by atoms with Crippen LogP contribution in [0.2, 0.25) is 0 Å². The number of piperazine rings is 1. The van der Waals surface area contributed by atoms with Gasteiger partial charge in [0.1, 0.15) is 0 Å². The van der Waals surface area contributed by atoms with Crippen LogP contribution < -0.4 is 0 Å². The monoisotopic (exact) mass is 316 g/mol. The maximum atomic E-state index is 12.3. The van der Waals surface area contributed by atoms with Gasteiger partial charge in [-0.1, -0.05) is 30.3 Å². The molecule has 1 fully saturated rings. The lowest BCUT2D eigenvalue weighted by molar-refractivity contribution is 0.0528. The van der Waals surface area contributed by atoms with Gasteiger partial charge in [0, 0.05) is 38.1 Å². The van der Waals surface area contributed by atoms with Crippen molar-refractivity contribution >= 4 is 17.2 Å². The van der Waals surface area contributed by atoms with Crippen molar-refractivity contribution in [2.24, 2.45) is 0 Å². The van der Waals surface area contributed by atoms with Crippen molar-refractivity contribution in [2.75, 3.05) is 32.7 Å². The van der Waals surface area contributed by atoms with Gasteiger partial charge in [0.2, 0.25) is 0 Å². The Bertz CT molecular complexity index is 592. The molecule has 3 rings (SSSR count). The predicted molar refractivity (Wildman–Crippen MR) is 88.1 cm³/mol. The molecule has 0 unspecified atom stereocenters. The molecule has 2 aromatic rings. The Morgan fingerprint density at radius 1 is 1.14 bits per heavy atom. The Morgan fingerprint density at radius 2 is 1.86 bits per heavy atom. The molecule has 22 heavy (non-hydrogen) atoms. The Morgan fingerprint density at radius 3 is 2.50 bits per heavy atom. The van der Waals surface area contributed by atoms with Crippen molar-refractivity contribution in [1.29, 1.82) is 0 Å². The first-order valence-corrected chi connectivity index (χ1v) is 8.45. The van der Waals surface area contributed by atoms with Crippen molar-refractivity contribution in [2.45, 2.75) is 6.10 Å². The number of rotatable bonds is 4. The van der Waals surface area contributed by atoms with Crippen LogP contribution >= 0.6 is 11.3 Å². The number of hydrogen-bond donors (Lipinski definition) is 1. The number of β-amino-alcohol motifs (C(OH)–C–C–N with tert-alkyl or cyclic N) is 1. The maximum absolute atomic E-state index is 12.3. The van der Waals surface area contributed by atoms with E-state index in [0.29, 0.717) is 6.54 Å². The van der Waals surface area contributed by atoms with Gasteiger partial charge in [-0.15, -0.1) is 0 Å². The summed E-state index contributed by atoms with van der Waals surface area (Å²) in [7, 11) is 0. The first-order chi connectivity index (χ1) is 10.7. The number of hydrogen-bond acceptors (Lipinski definition) is 4. The number of carbonyl (C=O) groups excluding carboxylic acids is 1. The van der Waals surface area contributed by atoms with Crippen LogP contribution in [0.4, 0.5) is 0 Å². The normalized spacial score (nSPS) is 17.4. The summed E-state index contributed by atoms with van der Waals surface area (Å²) < 4.78 is 0. The second kappa shape index (κ2) is 7.05. The molecule has 0 radical (unpaired) electrons. The first-order valence-electron chi connectivity index (χ1n) is 7.51. The molecular formula is C17H20N2O2S. The summed E-state index contributed by atoms with van der Waals surface area (Å²) in [5, 5.41) is 14.1. The lowest BCUT2D eigenvalue weighted by atomic mass is 10.1. The molecule has 0 bridgehead atoms. The highest BCUT2D eigenvalue weighted by Gasteiger charge is 2.23. The van der Waals surface area contributed by atoms with Crippen LogP contribution in [0, 0.1) is 0 Å². The molecule has 1 aromatic carbocycles. The minimum Gasteiger partial charge on any atom is -0.387 e. The molecule has 4 nitrogen and oxygen atoms in total. The molecule has 1 saturated heterocycles. The summed E-state index contributed by atoms with van der Waals surface area (Å²) in [6, 6.07) is 11.6. The fourth-order valence-electron chi connectivity index (χ4n) is 2.73. The summed E-state index contributed by atoms with van der Waals surface area (Å²) in [5.74, 6) is 0.115. The highest BCUT2D eigenvalue weighted by molar-refractivity contribution is 7.08. The minimum atomic E-state index is -0.472. The van der Waals surface area contributed by atoms with E-state index in [1.54, 1.807) is 11.3 Å². The molecule has 0 spiro atoms. The molecule has 1 aliphatic rings. The molecule has 1 aromatic heterocycles. The molecular weight excluding hydrogens is 296 g/mol. The van der Waals surface area contributed by atoms with Crippen LogP contribution in [0.15, 0.2) is 47.2 Å². The predicted octanol–water partition coefficient (Wildman–Crippen LogP) is 2.24. The third-order valence-corrected chi connectivity index (χ3v) is 4.73. The van der Waals surface area contributed by atoms with Gasteiger partial charge in [-0.2, -0.15) is 11.3 Å². The second-order valence-corrected chi connectivity index (χ2v) is 6.31. The summed E-state index contributed by atoms with van der Waals surface area (Å²) in [4.78, 5) is 16.4. The van der Waals surface area contributed by atoms with E-state index in [1.165, 1.54) is 0 Å². The Balaban J connectivity index is 1.51. The lowest BCUT2D eigenvalue weighted by Gasteiger charge is -2.35. The molecule has 1 atom stereocenters. The quantitative estimate of drug-likeness (QED) is 0.941. The van der Waals surface area contributed by atoms with Gasteiger partial charge in [-0.3, -0.25) is 9.69 Å². The van der Waals surface area contributed by atoms with E-state index in [9.17, 15) is 9.90 Å². The van der Waals surface area contributed by atoms with Crippen LogP contribution in [0.3, 0.4) is 0 Å². The van der Waals surface area contributed by atoms with Crippen molar-refractivity contribution in [3.8, 4) is 0 Å². The summed E-state index contributed by atoms with van der Waals surface area (Å²) in [5.41, 5.74) is 1.72. The van der Waals surface area contributed by atoms with Crippen LogP contribution in [0.25, 0.3) is 0 Å². The standard InChI is InChI=1S/C17H20N2O2S/c20-16(14-4-2-1-3-5-14)12-18-7-9-19(10-8-18)17(21)15-6-11-22-13-15/h1-6,11,13,16,20H,7-10,12H2/t16-/m0/s1. The molecule has 1 amide bonds. The first kappa shape index (κ1) is 15.2. The van der Waals surface area contributed by atoms with Crippen LogP contribution in [-0.4, -0.2) is 53.5 Å². The van der Waals surface area contributed by atoms with Crippen LogP contribution in [-0.2, 0) is 0 Å². The fourth-order valence-corrected chi connectivity index (χ4v) is 3.36. The van der Waals surface area contributed by atoms with Crippen molar-refractivity contribution in [1.82, 2.24) is 9.80 Å². The SMILES string of the molecule is O=C(c1ccsc1)N1CCN(C[C@H](O)c2ccccc2)CC1. The summed E-state index contributed by atoms with van der Waals surface area (Å²) in [6.07, 6.45) is -0.472. The second-order valence-electron chi connectivity index (χ2n) is 5.53. The highest BCUT2D eigenvalue weighted by Crippen LogP contribution is 2.16. The van der Waals surface area contributed by atoms with E-state index in [1.807, 2.05) is 52.1 Å². The van der Waals surface area contributed by atoms with Gasteiger partial charge in [0.05, 0.1) is 11.7 Å². The van der Waals surface area contributed by atoms with Gasteiger partial charge in [0.25, 0.3) is 5.91 Å². The van der Waals surface area contributed by atoms with Gasteiger partial charge in [-0.05, 0) is 17.0 Å². The van der Waals surface area contributed by atoms with E-state index in [2.05, 4.69) is 4.90 Å². The lowest BCUT2D eigenvalue weighted by Crippen LogP contribution is -2.49.